The molecule has 3 heteroatoms. The molecule has 0 unspecified atom stereocenters. The SMILES string of the molecule is CN/C=C\C(=O)c1cccc(OC)c1. The van der Waals surface area contributed by atoms with Gasteiger partial charge in [0.15, 0.2) is 5.78 Å². The molecule has 0 radical (unpaired) electrons. The molecular weight excluding hydrogens is 178 g/mol. The molecule has 0 saturated heterocycles. The van der Waals surface area contributed by atoms with Gasteiger partial charge in [-0.25, -0.2) is 0 Å². The molecule has 0 aliphatic rings. The summed E-state index contributed by atoms with van der Waals surface area (Å²) in [6.45, 7) is 0. The Hall–Kier alpha value is -1.77. The third kappa shape index (κ3) is 2.62. The van der Waals surface area contributed by atoms with Crippen LogP contribution in [0.2, 0.25) is 0 Å². The zero-order chi connectivity index (χ0) is 10.4. The van der Waals surface area contributed by atoms with Gasteiger partial charge in [0.2, 0.25) is 0 Å². The fourth-order valence-electron chi connectivity index (χ4n) is 1.03. The Morgan fingerprint density at radius 1 is 1.50 bits per heavy atom. The van der Waals surface area contributed by atoms with Crippen LogP contribution < -0.4 is 10.1 Å². The highest BCUT2D eigenvalue weighted by Crippen LogP contribution is 2.13. The highest BCUT2D eigenvalue weighted by Gasteiger charge is 2.01. The number of hydrogen-bond acceptors (Lipinski definition) is 3. The predicted molar refractivity (Wildman–Crippen MR) is 55.5 cm³/mol. The Balaban J connectivity index is 2.84. The second-order valence-corrected chi connectivity index (χ2v) is 2.72. The van der Waals surface area contributed by atoms with Gasteiger partial charge in [-0.15, -0.1) is 0 Å². The van der Waals surface area contributed by atoms with Crippen molar-refractivity contribution in [1.29, 1.82) is 0 Å². The Bertz CT molecular complexity index is 345. The minimum atomic E-state index is -0.0433. The van der Waals surface area contributed by atoms with Crippen molar-refractivity contribution in [2.24, 2.45) is 0 Å². The zero-order valence-corrected chi connectivity index (χ0v) is 8.28. The second kappa shape index (κ2) is 5.07. The van der Waals surface area contributed by atoms with E-state index in [1.165, 1.54) is 6.08 Å². The van der Waals surface area contributed by atoms with E-state index < -0.39 is 0 Å². The number of allylic oxidation sites excluding steroid dienone is 1. The number of nitrogens with one attached hydrogen (secondary N) is 1. The van der Waals surface area contributed by atoms with Crippen LogP contribution in [0, 0.1) is 0 Å². The molecule has 0 spiro atoms. The van der Waals surface area contributed by atoms with E-state index in [1.54, 1.807) is 44.6 Å². The van der Waals surface area contributed by atoms with Gasteiger partial charge in [0, 0.05) is 24.9 Å². The number of carbonyl (C=O) groups is 1. The molecule has 0 atom stereocenters. The highest BCUT2D eigenvalue weighted by molar-refractivity contribution is 6.04. The smallest absolute Gasteiger partial charge is 0.187 e. The van der Waals surface area contributed by atoms with Crippen molar-refractivity contribution < 1.29 is 9.53 Å². The Kier molecular flexibility index (Phi) is 3.73. The first-order chi connectivity index (χ1) is 6.77. The largest absolute Gasteiger partial charge is 0.497 e. The maximum absolute atomic E-state index is 11.5. The fraction of sp³-hybridized carbons (Fsp3) is 0.182. The van der Waals surface area contributed by atoms with Crippen LogP contribution in [0.1, 0.15) is 10.4 Å². The standard InChI is InChI=1S/C11H13NO2/c1-12-7-6-11(13)9-4-3-5-10(8-9)14-2/h3-8,12H,1-2H3/b7-6-. The average Bonchev–Trinajstić information content (AvgIpc) is 2.26. The molecule has 0 fully saturated rings. The van der Waals surface area contributed by atoms with Gasteiger partial charge in [0.05, 0.1) is 7.11 Å². The molecule has 0 aliphatic carbocycles. The normalized spacial score (nSPS) is 10.1. The molecule has 0 amide bonds. The molecule has 0 aromatic heterocycles. The topological polar surface area (TPSA) is 38.3 Å². The van der Waals surface area contributed by atoms with E-state index in [0.29, 0.717) is 11.3 Å². The van der Waals surface area contributed by atoms with E-state index in [9.17, 15) is 4.79 Å². The summed E-state index contributed by atoms with van der Waals surface area (Å²) in [5.41, 5.74) is 0.621. The molecule has 1 N–H and O–H groups in total. The first kappa shape index (κ1) is 10.3. The van der Waals surface area contributed by atoms with Crippen molar-refractivity contribution >= 4 is 5.78 Å². The van der Waals surface area contributed by atoms with Crippen LogP contribution >= 0.6 is 0 Å². The minimum Gasteiger partial charge on any atom is -0.497 e. The molecule has 0 saturated carbocycles. The molecule has 74 valence electrons. The summed E-state index contributed by atoms with van der Waals surface area (Å²) >= 11 is 0. The zero-order valence-electron chi connectivity index (χ0n) is 8.28. The van der Waals surface area contributed by atoms with Gasteiger partial charge in [-0.2, -0.15) is 0 Å². The van der Waals surface area contributed by atoms with E-state index in [0.717, 1.165) is 0 Å². The van der Waals surface area contributed by atoms with Crippen LogP contribution in [0.5, 0.6) is 5.75 Å². The number of ketones is 1. The minimum absolute atomic E-state index is 0.0433. The Morgan fingerprint density at radius 2 is 2.29 bits per heavy atom. The van der Waals surface area contributed by atoms with E-state index in [-0.39, 0.29) is 5.78 Å². The summed E-state index contributed by atoms with van der Waals surface area (Å²) < 4.78 is 5.02. The Labute approximate surface area is 83.4 Å². The quantitative estimate of drug-likeness (QED) is 0.580. The molecule has 0 bridgehead atoms. The van der Waals surface area contributed by atoms with Gasteiger partial charge in [0.1, 0.15) is 5.75 Å². The molecule has 0 aliphatic heterocycles. The summed E-state index contributed by atoms with van der Waals surface area (Å²) in [5, 5.41) is 2.76. The number of hydrogen-bond donors (Lipinski definition) is 1. The lowest BCUT2D eigenvalue weighted by Gasteiger charge is -2.00. The number of benzene rings is 1. The van der Waals surface area contributed by atoms with E-state index >= 15 is 0 Å². The van der Waals surface area contributed by atoms with Crippen molar-refractivity contribution in [1.82, 2.24) is 5.32 Å². The lowest BCUT2D eigenvalue weighted by atomic mass is 10.1. The van der Waals surface area contributed by atoms with Gasteiger partial charge < -0.3 is 10.1 Å². The summed E-state index contributed by atoms with van der Waals surface area (Å²) in [4.78, 5) is 11.5. The number of rotatable bonds is 4. The van der Waals surface area contributed by atoms with E-state index in [1.807, 2.05) is 0 Å². The fourth-order valence-corrected chi connectivity index (χ4v) is 1.03. The lowest BCUT2D eigenvalue weighted by molar-refractivity contribution is 0.104. The predicted octanol–water partition coefficient (Wildman–Crippen LogP) is 1.61. The third-order valence-electron chi connectivity index (χ3n) is 1.76. The third-order valence-corrected chi connectivity index (χ3v) is 1.76. The highest BCUT2D eigenvalue weighted by atomic mass is 16.5. The molecule has 14 heavy (non-hydrogen) atoms. The Morgan fingerprint density at radius 3 is 2.93 bits per heavy atom. The summed E-state index contributed by atoms with van der Waals surface area (Å²) in [6, 6.07) is 7.06. The monoisotopic (exact) mass is 191 g/mol. The van der Waals surface area contributed by atoms with Crippen molar-refractivity contribution in [3.8, 4) is 5.75 Å². The van der Waals surface area contributed by atoms with Crippen LogP contribution in [0.4, 0.5) is 0 Å². The number of carbonyl (C=O) groups excluding carboxylic acids is 1. The van der Waals surface area contributed by atoms with E-state index in [4.69, 9.17) is 4.74 Å². The molecule has 3 nitrogen and oxygen atoms in total. The van der Waals surface area contributed by atoms with Crippen LogP contribution in [0.15, 0.2) is 36.5 Å². The van der Waals surface area contributed by atoms with Crippen molar-refractivity contribution in [3.63, 3.8) is 0 Å². The van der Waals surface area contributed by atoms with Crippen molar-refractivity contribution in [3.05, 3.63) is 42.1 Å². The maximum atomic E-state index is 11.5. The van der Waals surface area contributed by atoms with Gasteiger partial charge >= 0.3 is 0 Å². The van der Waals surface area contributed by atoms with E-state index in [2.05, 4.69) is 5.32 Å². The van der Waals surface area contributed by atoms with Crippen LogP contribution in [-0.2, 0) is 0 Å². The number of methoxy groups -OCH3 is 1. The lowest BCUT2D eigenvalue weighted by Crippen LogP contribution is -1.98. The average molecular weight is 191 g/mol. The van der Waals surface area contributed by atoms with Crippen LogP contribution in [0.3, 0.4) is 0 Å². The van der Waals surface area contributed by atoms with Crippen LogP contribution in [0.25, 0.3) is 0 Å². The molecule has 1 aromatic rings. The summed E-state index contributed by atoms with van der Waals surface area (Å²) in [5.74, 6) is 0.645. The second-order valence-electron chi connectivity index (χ2n) is 2.72. The summed E-state index contributed by atoms with van der Waals surface area (Å²) in [7, 11) is 3.32. The molecular formula is C11H13NO2. The van der Waals surface area contributed by atoms with Gasteiger partial charge in [-0.05, 0) is 12.1 Å². The van der Waals surface area contributed by atoms with Gasteiger partial charge in [0.25, 0.3) is 0 Å². The van der Waals surface area contributed by atoms with Gasteiger partial charge in [-0.1, -0.05) is 12.1 Å². The molecule has 1 aromatic carbocycles. The maximum Gasteiger partial charge on any atom is 0.187 e. The van der Waals surface area contributed by atoms with Crippen molar-refractivity contribution in [2.45, 2.75) is 0 Å². The number of ether oxygens (including phenoxy) is 1. The first-order valence-electron chi connectivity index (χ1n) is 4.30. The van der Waals surface area contributed by atoms with Crippen molar-refractivity contribution in [2.75, 3.05) is 14.2 Å². The molecule has 1 rings (SSSR count). The van der Waals surface area contributed by atoms with Crippen LogP contribution in [-0.4, -0.2) is 19.9 Å². The van der Waals surface area contributed by atoms with Gasteiger partial charge in [-0.3, -0.25) is 4.79 Å². The molecule has 0 heterocycles. The summed E-state index contributed by atoms with van der Waals surface area (Å²) in [6.07, 6.45) is 3.08. The first-order valence-corrected chi connectivity index (χ1v) is 4.30.